The Morgan fingerprint density at radius 2 is 1.89 bits per heavy atom. The van der Waals surface area contributed by atoms with Crippen molar-refractivity contribution in [3.8, 4) is 11.5 Å². The molecule has 0 unspecified atom stereocenters. The van der Waals surface area contributed by atoms with Crippen LogP contribution in [0.25, 0.3) is 0 Å². The van der Waals surface area contributed by atoms with Gasteiger partial charge in [0.25, 0.3) is 0 Å². The van der Waals surface area contributed by atoms with Crippen molar-refractivity contribution >= 4 is 5.97 Å². The van der Waals surface area contributed by atoms with Crippen LogP contribution in [-0.2, 0) is 11.2 Å². The number of carbonyl (C=O) groups is 1. The molecule has 0 atom stereocenters. The number of hydrogen-bond acceptors (Lipinski definition) is 3. The third kappa shape index (κ3) is 2.97. The molecule has 1 N–H and O–H groups in total. The summed E-state index contributed by atoms with van der Waals surface area (Å²) in [7, 11) is 0. The highest BCUT2D eigenvalue weighted by Gasteiger charge is 2.29. The van der Waals surface area contributed by atoms with E-state index in [2.05, 4.69) is 0 Å². The van der Waals surface area contributed by atoms with Crippen LogP contribution in [0, 0.1) is 11.2 Å². The quantitative estimate of drug-likeness (QED) is 0.915. The molecule has 0 radical (unpaired) electrons. The van der Waals surface area contributed by atoms with E-state index in [9.17, 15) is 9.18 Å². The lowest BCUT2D eigenvalue weighted by atomic mass is 9.85. The van der Waals surface area contributed by atoms with E-state index in [0.717, 1.165) is 6.42 Å². The zero-order valence-corrected chi connectivity index (χ0v) is 11.0. The second-order valence-corrected chi connectivity index (χ2v) is 5.31. The van der Waals surface area contributed by atoms with Crippen molar-refractivity contribution in [1.82, 2.24) is 0 Å². The van der Waals surface area contributed by atoms with Crippen molar-refractivity contribution in [3.05, 3.63) is 23.5 Å². The van der Waals surface area contributed by atoms with Gasteiger partial charge in [-0.15, -0.1) is 0 Å². The van der Waals surface area contributed by atoms with Crippen LogP contribution in [0.2, 0.25) is 0 Å². The minimum absolute atomic E-state index is 0.102. The summed E-state index contributed by atoms with van der Waals surface area (Å²) in [6, 6.07) is 2.81. The highest BCUT2D eigenvalue weighted by Crippen LogP contribution is 2.34. The summed E-state index contributed by atoms with van der Waals surface area (Å²) in [5, 5.41) is 9.10. The van der Waals surface area contributed by atoms with E-state index in [0.29, 0.717) is 30.3 Å². The number of halogens is 1. The highest BCUT2D eigenvalue weighted by molar-refractivity contribution is 5.74. The van der Waals surface area contributed by atoms with E-state index in [4.69, 9.17) is 14.6 Å². The van der Waals surface area contributed by atoms with E-state index in [1.54, 1.807) is 19.9 Å². The van der Waals surface area contributed by atoms with Crippen LogP contribution in [0.5, 0.6) is 11.5 Å². The van der Waals surface area contributed by atoms with Gasteiger partial charge in [0, 0.05) is 12.5 Å². The van der Waals surface area contributed by atoms with Crippen LogP contribution in [0.15, 0.2) is 12.1 Å². The van der Waals surface area contributed by atoms with Gasteiger partial charge in [-0.3, -0.25) is 4.79 Å². The second kappa shape index (κ2) is 5.07. The van der Waals surface area contributed by atoms with Crippen LogP contribution in [0.1, 0.15) is 25.8 Å². The zero-order chi connectivity index (χ0) is 14.0. The van der Waals surface area contributed by atoms with Gasteiger partial charge in [0.2, 0.25) is 0 Å². The summed E-state index contributed by atoms with van der Waals surface area (Å²) in [4.78, 5) is 11.1. The number of carboxylic acid groups (broad SMARTS) is 1. The summed E-state index contributed by atoms with van der Waals surface area (Å²) in [5.74, 6) is -0.556. The first-order valence-electron chi connectivity index (χ1n) is 6.21. The molecule has 1 aromatic carbocycles. The standard InChI is InChI=1S/C14H17FO4/c1-14(2,13(16)17)8-9-6-11-12(7-10(9)15)19-5-3-4-18-11/h6-7H,3-5,8H2,1-2H3,(H,16,17). The van der Waals surface area contributed by atoms with E-state index < -0.39 is 17.2 Å². The maximum absolute atomic E-state index is 14.0. The summed E-state index contributed by atoms with van der Waals surface area (Å²) in [6.45, 7) is 4.14. The molecule has 1 heterocycles. The fourth-order valence-electron chi connectivity index (χ4n) is 1.91. The Morgan fingerprint density at radius 1 is 1.32 bits per heavy atom. The molecule has 0 spiro atoms. The Morgan fingerprint density at radius 3 is 2.47 bits per heavy atom. The lowest BCUT2D eigenvalue weighted by Crippen LogP contribution is -2.26. The fraction of sp³-hybridized carbons (Fsp3) is 0.500. The first kappa shape index (κ1) is 13.6. The SMILES string of the molecule is CC(C)(Cc1cc2c(cc1F)OCCCO2)C(=O)O. The summed E-state index contributed by atoms with van der Waals surface area (Å²) in [5.41, 5.74) is -0.697. The van der Waals surface area contributed by atoms with Crippen LogP contribution in [-0.4, -0.2) is 24.3 Å². The van der Waals surface area contributed by atoms with E-state index >= 15 is 0 Å². The summed E-state index contributed by atoms with van der Waals surface area (Å²) in [6.07, 6.45) is 0.844. The van der Waals surface area contributed by atoms with Gasteiger partial charge >= 0.3 is 5.97 Å². The Kier molecular flexibility index (Phi) is 3.64. The summed E-state index contributed by atoms with van der Waals surface area (Å²) < 4.78 is 24.8. The smallest absolute Gasteiger partial charge is 0.309 e. The Hall–Kier alpha value is -1.78. The van der Waals surface area contributed by atoms with E-state index in [1.165, 1.54) is 6.07 Å². The predicted octanol–water partition coefficient (Wildman–Crippen LogP) is 2.64. The molecule has 0 aliphatic carbocycles. The molecular weight excluding hydrogens is 251 g/mol. The van der Waals surface area contributed by atoms with Crippen LogP contribution >= 0.6 is 0 Å². The molecule has 0 saturated carbocycles. The lowest BCUT2D eigenvalue weighted by Gasteiger charge is -2.20. The normalized spacial score (nSPS) is 14.9. The second-order valence-electron chi connectivity index (χ2n) is 5.31. The molecule has 1 aliphatic heterocycles. The van der Waals surface area contributed by atoms with Crippen LogP contribution in [0.3, 0.4) is 0 Å². The maximum Gasteiger partial charge on any atom is 0.309 e. The number of ether oxygens (including phenoxy) is 2. The molecule has 0 saturated heterocycles. The zero-order valence-electron chi connectivity index (χ0n) is 11.0. The summed E-state index contributed by atoms with van der Waals surface area (Å²) >= 11 is 0. The van der Waals surface area contributed by atoms with Crippen LogP contribution in [0.4, 0.5) is 4.39 Å². The van der Waals surface area contributed by atoms with Gasteiger partial charge in [-0.2, -0.15) is 0 Å². The Bertz CT molecular complexity index is 496. The first-order chi connectivity index (χ1) is 8.90. The molecule has 0 amide bonds. The number of hydrogen-bond donors (Lipinski definition) is 1. The molecule has 4 nitrogen and oxygen atoms in total. The third-order valence-electron chi connectivity index (χ3n) is 3.13. The number of aliphatic carboxylic acids is 1. The van der Waals surface area contributed by atoms with Gasteiger partial charge in [0.1, 0.15) is 5.82 Å². The molecule has 0 fully saturated rings. The van der Waals surface area contributed by atoms with Gasteiger partial charge in [-0.1, -0.05) is 0 Å². The molecule has 1 aromatic rings. The van der Waals surface area contributed by atoms with Crippen LogP contribution < -0.4 is 9.47 Å². The average Bonchev–Trinajstić information content (AvgIpc) is 2.54. The van der Waals surface area contributed by atoms with Gasteiger partial charge in [-0.25, -0.2) is 4.39 Å². The number of fused-ring (bicyclic) bond motifs is 1. The van der Waals surface area contributed by atoms with Crippen molar-refractivity contribution in [1.29, 1.82) is 0 Å². The Labute approximate surface area is 111 Å². The minimum Gasteiger partial charge on any atom is -0.490 e. The monoisotopic (exact) mass is 268 g/mol. The van der Waals surface area contributed by atoms with E-state index in [-0.39, 0.29) is 6.42 Å². The maximum atomic E-state index is 14.0. The van der Waals surface area contributed by atoms with Crippen molar-refractivity contribution < 1.29 is 23.8 Å². The van der Waals surface area contributed by atoms with Gasteiger partial charge < -0.3 is 14.6 Å². The molecule has 2 rings (SSSR count). The lowest BCUT2D eigenvalue weighted by molar-refractivity contribution is -0.146. The molecule has 5 heteroatoms. The fourth-order valence-corrected chi connectivity index (χ4v) is 1.91. The van der Waals surface area contributed by atoms with Crippen molar-refractivity contribution in [2.75, 3.05) is 13.2 Å². The molecule has 19 heavy (non-hydrogen) atoms. The van der Waals surface area contributed by atoms with Crippen molar-refractivity contribution in [2.24, 2.45) is 5.41 Å². The predicted molar refractivity (Wildman–Crippen MR) is 67.1 cm³/mol. The van der Waals surface area contributed by atoms with E-state index in [1.807, 2.05) is 0 Å². The van der Waals surface area contributed by atoms with Gasteiger partial charge in [0.05, 0.1) is 18.6 Å². The highest BCUT2D eigenvalue weighted by atomic mass is 19.1. The van der Waals surface area contributed by atoms with Gasteiger partial charge in [0.15, 0.2) is 11.5 Å². The van der Waals surface area contributed by atoms with Crippen molar-refractivity contribution in [2.45, 2.75) is 26.7 Å². The number of rotatable bonds is 3. The average molecular weight is 268 g/mol. The minimum atomic E-state index is -1.03. The Balaban J connectivity index is 2.32. The molecular formula is C14H17FO4. The largest absolute Gasteiger partial charge is 0.490 e. The number of carboxylic acids is 1. The molecule has 104 valence electrons. The van der Waals surface area contributed by atoms with Gasteiger partial charge in [-0.05, 0) is 31.9 Å². The topological polar surface area (TPSA) is 55.8 Å². The third-order valence-corrected chi connectivity index (χ3v) is 3.13. The first-order valence-corrected chi connectivity index (χ1v) is 6.21. The number of benzene rings is 1. The molecule has 0 aromatic heterocycles. The molecule has 1 aliphatic rings. The molecule has 0 bridgehead atoms. The van der Waals surface area contributed by atoms with Crippen molar-refractivity contribution in [3.63, 3.8) is 0 Å².